The molecular weight excluding hydrogens is 398 g/mol. The number of sulfonamides is 1. The number of piperidine rings is 1. The van der Waals surface area contributed by atoms with E-state index < -0.39 is 10.0 Å². The Morgan fingerprint density at radius 2 is 1.82 bits per heavy atom. The summed E-state index contributed by atoms with van der Waals surface area (Å²) in [6, 6.07) is 7.26. The van der Waals surface area contributed by atoms with Crippen molar-refractivity contribution in [3.05, 3.63) is 29.8 Å². The molecule has 0 aromatic heterocycles. The molecule has 1 aromatic rings. The number of nitrogens with zero attached hydrogens (tertiary/aromatic N) is 2. The van der Waals surface area contributed by atoms with E-state index >= 15 is 0 Å². The topological polar surface area (TPSA) is 69.7 Å². The Morgan fingerprint density at radius 1 is 1.18 bits per heavy atom. The van der Waals surface area contributed by atoms with Gasteiger partial charge in [0.1, 0.15) is 0 Å². The third-order valence-electron chi connectivity index (χ3n) is 5.68. The fraction of sp³-hybridized carbons (Fsp3) is 0.650. The minimum Gasteiger partial charge on any atom is -0.338 e. The summed E-state index contributed by atoms with van der Waals surface area (Å²) in [7, 11) is -3.48. The molecule has 1 amide bonds. The summed E-state index contributed by atoms with van der Waals surface area (Å²) in [6.07, 6.45) is 3.16. The highest BCUT2D eigenvalue weighted by molar-refractivity contribution is 7.89. The first-order valence-corrected chi connectivity index (χ1v) is 11.5. The van der Waals surface area contributed by atoms with Crippen molar-refractivity contribution in [1.82, 2.24) is 14.5 Å². The van der Waals surface area contributed by atoms with E-state index in [0.717, 1.165) is 38.0 Å². The lowest BCUT2D eigenvalue weighted by Crippen LogP contribution is -2.48. The zero-order valence-corrected chi connectivity index (χ0v) is 18.4. The molecule has 0 bridgehead atoms. The van der Waals surface area contributed by atoms with Crippen LogP contribution in [0.4, 0.5) is 0 Å². The third-order valence-corrected chi connectivity index (χ3v) is 7.60. The molecule has 2 heterocycles. The van der Waals surface area contributed by atoms with Gasteiger partial charge in [-0.3, -0.25) is 4.79 Å². The molecule has 1 unspecified atom stereocenters. The van der Waals surface area contributed by atoms with Crippen LogP contribution >= 0.6 is 12.4 Å². The van der Waals surface area contributed by atoms with Gasteiger partial charge in [0.25, 0.3) is 0 Å². The zero-order chi connectivity index (χ0) is 19.4. The Hall–Kier alpha value is -1.15. The van der Waals surface area contributed by atoms with Gasteiger partial charge in [-0.1, -0.05) is 24.6 Å². The van der Waals surface area contributed by atoms with Crippen molar-refractivity contribution >= 4 is 28.3 Å². The lowest BCUT2D eigenvalue weighted by atomic mass is 9.95. The molecule has 8 heteroatoms. The molecule has 1 atom stereocenters. The van der Waals surface area contributed by atoms with Gasteiger partial charge in [-0.15, -0.1) is 12.4 Å². The number of hydrogen-bond acceptors (Lipinski definition) is 4. The summed E-state index contributed by atoms with van der Waals surface area (Å²) >= 11 is 0. The molecule has 158 valence electrons. The predicted molar refractivity (Wildman–Crippen MR) is 113 cm³/mol. The lowest BCUT2D eigenvalue weighted by Gasteiger charge is -2.36. The number of nitrogens with one attached hydrogen (secondary N) is 1. The van der Waals surface area contributed by atoms with Crippen LogP contribution < -0.4 is 5.32 Å². The molecular formula is C20H32ClN3O3S. The van der Waals surface area contributed by atoms with Crippen molar-refractivity contribution in [3.63, 3.8) is 0 Å². The molecule has 1 aromatic carbocycles. The Labute approximate surface area is 175 Å². The number of carbonyl (C=O) groups is 1. The maximum atomic E-state index is 13.1. The van der Waals surface area contributed by atoms with Gasteiger partial charge in [0.15, 0.2) is 0 Å². The van der Waals surface area contributed by atoms with Crippen LogP contribution in [-0.4, -0.2) is 62.3 Å². The second-order valence-corrected chi connectivity index (χ2v) is 9.61. The van der Waals surface area contributed by atoms with Gasteiger partial charge in [0.05, 0.1) is 4.90 Å². The zero-order valence-electron chi connectivity index (χ0n) is 16.8. The van der Waals surface area contributed by atoms with E-state index in [4.69, 9.17) is 0 Å². The van der Waals surface area contributed by atoms with Crippen molar-refractivity contribution in [2.45, 2.75) is 50.5 Å². The Bertz CT molecular complexity index is 740. The number of carbonyl (C=O) groups excluding carboxylic acids is 1. The molecule has 0 aliphatic carbocycles. The number of halogens is 1. The summed E-state index contributed by atoms with van der Waals surface area (Å²) in [5.74, 6) is 0.138. The highest BCUT2D eigenvalue weighted by Crippen LogP contribution is 2.26. The van der Waals surface area contributed by atoms with E-state index in [0.29, 0.717) is 30.8 Å². The lowest BCUT2D eigenvalue weighted by molar-refractivity contribution is -0.138. The van der Waals surface area contributed by atoms with Crippen LogP contribution in [0, 0.1) is 12.8 Å². The van der Waals surface area contributed by atoms with Crippen LogP contribution in [0.5, 0.6) is 0 Å². The monoisotopic (exact) mass is 429 g/mol. The second kappa shape index (κ2) is 10.1. The molecule has 0 radical (unpaired) electrons. The Balaban J connectivity index is 0.00000280. The van der Waals surface area contributed by atoms with Crippen LogP contribution in [0.15, 0.2) is 29.2 Å². The van der Waals surface area contributed by atoms with Crippen LogP contribution in [0.25, 0.3) is 0 Å². The van der Waals surface area contributed by atoms with E-state index in [9.17, 15) is 13.2 Å². The van der Waals surface area contributed by atoms with Gasteiger partial charge in [0, 0.05) is 38.1 Å². The number of benzene rings is 1. The first-order valence-electron chi connectivity index (χ1n) is 10.0. The Kier molecular flexibility index (Phi) is 8.30. The maximum absolute atomic E-state index is 13.1. The van der Waals surface area contributed by atoms with E-state index in [1.54, 1.807) is 12.1 Å². The van der Waals surface area contributed by atoms with Crippen LogP contribution in [0.1, 0.15) is 38.2 Å². The highest BCUT2D eigenvalue weighted by atomic mass is 35.5. The minimum absolute atomic E-state index is 0. The molecule has 0 saturated carbocycles. The van der Waals surface area contributed by atoms with Gasteiger partial charge < -0.3 is 10.2 Å². The summed E-state index contributed by atoms with van der Waals surface area (Å²) in [5.41, 5.74) is 1.04. The first-order chi connectivity index (χ1) is 12.9. The van der Waals surface area contributed by atoms with E-state index in [2.05, 4.69) is 12.2 Å². The normalized spacial score (nSPS) is 21.3. The summed E-state index contributed by atoms with van der Waals surface area (Å²) < 4.78 is 27.2. The van der Waals surface area contributed by atoms with Gasteiger partial charge in [-0.2, -0.15) is 4.31 Å². The molecule has 1 N–H and O–H groups in total. The molecule has 0 spiro atoms. The number of rotatable bonds is 6. The van der Waals surface area contributed by atoms with Gasteiger partial charge in [-0.05, 0) is 51.3 Å². The standard InChI is InChI=1S/C20H31N3O3S.ClH/c1-3-12-23(18-8-11-21-15-18)20(24)17-9-13-22(14-10-17)27(25,26)19-6-4-16(2)5-7-19;/h4-7,17-18,21H,3,8-15H2,1-2H3;1H. The van der Waals surface area contributed by atoms with Crippen molar-refractivity contribution in [2.75, 3.05) is 32.7 Å². The van der Waals surface area contributed by atoms with Gasteiger partial charge in [-0.25, -0.2) is 8.42 Å². The van der Waals surface area contributed by atoms with Crippen LogP contribution in [-0.2, 0) is 14.8 Å². The summed E-state index contributed by atoms with van der Waals surface area (Å²) in [4.78, 5) is 15.4. The fourth-order valence-corrected chi connectivity index (χ4v) is 5.53. The molecule has 2 aliphatic rings. The van der Waals surface area contributed by atoms with Crippen LogP contribution in [0.3, 0.4) is 0 Å². The number of hydrogen-bond donors (Lipinski definition) is 1. The number of amides is 1. The second-order valence-electron chi connectivity index (χ2n) is 7.67. The molecule has 2 fully saturated rings. The van der Waals surface area contributed by atoms with E-state index in [1.807, 2.05) is 24.0 Å². The predicted octanol–water partition coefficient (Wildman–Crippen LogP) is 2.42. The van der Waals surface area contributed by atoms with E-state index in [-0.39, 0.29) is 30.3 Å². The van der Waals surface area contributed by atoms with E-state index in [1.165, 1.54) is 4.31 Å². The summed E-state index contributed by atoms with van der Waals surface area (Å²) in [6.45, 7) is 7.48. The molecule has 2 aliphatic heterocycles. The molecule has 3 rings (SSSR count). The minimum atomic E-state index is -3.48. The first kappa shape index (κ1) is 23.1. The van der Waals surface area contributed by atoms with Gasteiger partial charge >= 0.3 is 0 Å². The molecule has 6 nitrogen and oxygen atoms in total. The average molecular weight is 430 g/mol. The SMILES string of the molecule is CCCN(C(=O)C1CCN(S(=O)(=O)c2ccc(C)cc2)CC1)C1CCNC1.Cl. The van der Waals surface area contributed by atoms with Gasteiger partial charge in [0.2, 0.25) is 15.9 Å². The van der Waals surface area contributed by atoms with Crippen molar-refractivity contribution < 1.29 is 13.2 Å². The molecule has 28 heavy (non-hydrogen) atoms. The van der Waals surface area contributed by atoms with Crippen LogP contribution in [0.2, 0.25) is 0 Å². The van der Waals surface area contributed by atoms with Crippen molar-refractivity contribution in [1.29, 1.82) is 0 Å². The highest BCUT2D eigenvalue weighted by Gasteiger charge is 2.35. The molecule has 2 saturated heterocycles. The van der Waals surface area contributed by atoms with Crippen molar-refractivity contribution in [2.24, 2.45) is 5.92 Å². The average Bonchev–Trinajstić information content (AvgIpc) is 3.20. The summed E-state index contributed by atoms with van der Waals surface area (Å²) in [5, 5.41) is 3.34. The number of aryl methyl sites for hydroxylation is 1. The Morgan fingerprint density at radius 3 is 2.36 bits per heavy atom. The maximum Gasteiger partial charge on any atom is 0.243 e. The quantitative estimate of drug-likeness (QED) is 0.753. The third kappa shape index (κ3) is 5.06. The largest absolute Gasteiger partial charge is 0.338 e. The smallest absolute Gasteiger partial charge is 0.243 e. The van der Waals surface area contributed by atoms with Crippen molar-refractivity contribution in [3.8, 4) is 0 Å². The fourth-order valence-electron chi connectivity index (χ4n) is 4.06.